The van der Waals surface area contributed by atoms with E-state index >= 15 is 0 Å². The maximum Gasteiger partial charge on any atom is 0.191 e. The highest BCUT2D eigenvalue weighted by molar-refractivity contribution is 14.0. The largest absolute Gasteiger partial charge is 0.380 e. The molecule has 2 rings (SSSR count). The van der Waals surface area contributed by atoms with Gasteiger partial charge in [-0.15, -0.1) is 24.0 Å². The predicted octanol–water partition coefficient (Wildman–Crippen LogP) is 2.48. The summed E-state index contributed by atoms with van der Waals surface area (Å²) in [5.41, 5.74) is 0.286. The molecule has 4 nitrogen and oxygen atoms in total. The molecule has 0 spiro atoms. The minimum atomic E-state index is 0. The molecular weight excluding hydrogens is 385 g/mol. The van der Waals surface area contributed by atoms with Gasteiger partial charge in [0, 0.05) is 30.3 Å². The van der Waals surface area contributed by atoms with Crippen molar-refractivity contribution in [2.45, 2.75) is 44.4 Å². The first-order valence-electron chi connectivity index (χ1n) is 7.32. The van der Waals surface area contributed by atoms with Crippen LogP contribution in [0, 0.1) is 5.41 Å². The lowest BCUT2D eigenvalue weighted by Gasteiger charge is -2.38. The number of halogens is 1. The Labute approximate surface area is 144 Å². The van der Waals surface area contributed by atoms with Crippen LogP contribution in [0.15, 0.2) is 4.99 Å². The zero-order valence-corrected chi connectivity index (χ0v) is 15.9. The lowest BCUT2D eigenvalue weighted by atomic mass is 9.89. The molecule has 20 heavy (non-hydrogen) atoms. The van der Waals surface area contributed by atoms with Gasteiger partial charge in [0.2, 0.25) is 0 Å². The van der Waals surface area contributed by atoms with E-state index in [9.17, 15) is 0 Å². The van der Waals surface area contributed by atoms with Crippen LogP contribution in [0.3, 0.4) is 0 Å². The summed E-state index contributed by atoms with van der Waals surface area (Å²) < 4.78 is 5.28. The summed E-state index contributed by atoms with van der Waals surface area (Å²) in [5, 5.41) is 7.83. The Balaban J connectivity index is 0.00000200. The molecule has 1 saturated heterocycles. The van der Waals surface area contributed by atoms with Crippen LogP contribution < -0.4 is 10.6 Å². The van der Waals surface area contributed by atoms with Crippen molar-refractivity contribution in [2.24, 2.45) is 10.4 Å². The molecule has 1 aliphatic carbocycles. The van der Waals surface area contributed by atoms with E-state index in [2.05, 4.69) is 41.2 Å². The molecule has 0 aromatic rings. The molecule has 0 bridgehead atoms. The number of thioether (sulfide) groups is 1. The second kappa shape index (κ2) is 8.68. The Hall–Kier alpha value is 0.310. The number of nitrogens with zero attached hydrogens (tertiary/aromatic N) is 1. The van der Waals surface area contributed by atoms with Crippen molar-refractivity contribution >= 4 is 41.7 Å². The van der Waals surface area contributed by atoms with Gasteiger partial charge in [0.15, 0.2) is 5.96 Å². The molecule has 1 saturated carbocycles. The maximum atomic E-state index is 5.28. The van der Waals surface area contributed by atoms with Gasteiger partial charge in [0.25, 0.3) is 0 Å². The number of ether oxygens (including phenoxy) is 1. The smallest absolute Gasteiger partial charge is 0.191 e. The van der Waals surface area contributed by atoms with E-state index in [1.54, 1.807) is 0 Å². The Kier molecular flexibility index (Phi) is 7.97. The summed E-state index contributed by atoms with van der Waals surface area (Å²) in [5.74, 6) is 2.17. The molecular formula is C14H28IN3OS. The monoisotopic (exact) mass is 413 g/mol. The van der Waals surface area contributed by atoms with Crippen LogP contribution in [-0.2, 0) is 4.74 Å². The summed E-state index contributed by atoms with van der Waals surface area (Å²) in [4.78, 5) is 4.33. The van der Waals surface area contributed by atoms with Gasteiger partial charge < -0.3 is 15.4 Å². The van der Waals surface area contributed by atoms with Gasteiger partial charge in [-0.1, -0.05) is 13.8 Å². The molecule has 0 amide bonds. The quantitative estimate of drug-likeness (QED) is 0.413. The summed E-state index contributed by atoms with van der Waals surface area (Å²) >= 11 is 2.09. The molecule has 2 aliphatic rings. The predicted molar refractivity (Wildman–Crippen MR) is 98.4 cm³/mol. The molecule has 0 aromatic carbocycles. The molecule has 2 N–H and O–H groups in total. The average Bonchev–Trinajstić information content (AvgIpc) is 2.80. The molecule has 118 valence electrons. The SMILES string of the molecule is CCSC1CCC(NC(=NC)NCC2(C)COC2)C1.I. The highest BCUT2D eigenvalue weighted by Crippen LogP contribution is 2.29. The summed E-state index contributed by atoms with van der Waals surface area (Å²) in [6.45, 7) is 7.14. The first-order chi connectivity index (χ1) is 9.15. The molecule has 0 aromatic heterocycles. The summed E-state index contributed by atoms with van der Waals surface area (Å²) in [6.07, 6.45) is 3.86. The number of guanidine groups is 1. The van der Waals surface area contributed by atoms with Gasteiger partial charge in [-0.3, -0.25) is 4.99 Å². The minimum absolute atomic E-state index is 0. The van der Waals surface area contributed by atoms with Crippen LogP contribution in [0.2, 0.25) is 0 Å². The fraction of sp³-hybridized carbons (Fsp3) is 0.929. The van der Waals surface area contributed by atoms with E-state index in [1.807, 2.05) is 7.05 Å². The van der Waals surface area contributed by atoms with E-state index in [0.717, 1.165) is 31.0 Å². The van der Waals surface area contributed by atoms with E-state index in [4.69, 9.17) is 4.74 Å². The lowest BCUT2D eigenvalue weighted by molar-refractivity contribution is -0.0971. The second-order valence-electron chi connectivity index (χ2n) is 5.96. The molecule has 2 atom stereocenters. The van der Waals surface area contributed by atoms with Gasteiger partial charge >= 0.3 is 0 Å². The number of rotatable bonds is 5. The minimum Gasteiger partial charge on any atom is -0.380 e. The van der Waals surface area contributed by atoms with E-state index in [0.29, 0.717) is 6.04 Å². The fourth-order valence-corrected chi connectivity index (χ4v) is 3.84. The van der Waals surface area contributed by atoms with Gasteiger partial charge in [-0.2, -0.15) is 11.8 Å². The van der Waals surface area contributed by atoms with Crippen molar-refractivity contribution in [1.82, 2.24) is 10.6 Å². The molecule has 6 heteroatoms. The number of hydrogen-bond acceptors (Lipinski definition) is 3. The third-order valence-electron chi connectivity index (χ3n) is 3.93. The van der Waals surface area contributed by atoms with Crippen LogP contribution >= 0.6 is 35.7 Å². The first kappa shape index (κ1) is 18.4. The molecule has 0 radical (unpaired) electrons. The standard InChI is InChI=1S/C14H27N3OS.HI/c1-4-19-12-6-5-11(7-12)17-13(15-3)16-8-14(2)9-18-10-14;/h11-12H,4-10H2,1-3H3,(H2,15,16,17);1H. The van der Waals surface area contributed by atoms with Crippen molar-refractivity contribution in [3.63, 3.8) is 0 Å². The topological polar surface area (TPSA) is 45.7 Å². The summed E-state index contributed by atoms with van der Waals surface area (Å²) in [7, 11) is 1.85. The van der Waals surface area contributed by atoms with Crippen LogP contribution in [-0.4, -0.2) is 49.8 Å². The Morgan fingerprint density at radius 2 is 2.15 bits per heavy atom. The van der Waals surface area contributed by atoms with Crippen molar-refractivity contribution in [1.29, 1.82) is 0 Å². The van der Waals surface area contributed by atoms with E-state index < -0.39 is 0 Å². The highest BCUT2D eigenvalue weighted by atomic mass is 127. The fourth-order valence-electron chi connectivity index (χ4n) is 2.70. The van der Waals surface area contributed by atoms with Crippen molar-refractivity contribution in [2.75, 3.05) is 32.6 Å². The Morgan fingerprint density at radius 3 is 2.70 bits per heavy atom. The lowest BCUT2D eigenvalue weighted by Crippen LogP contribution is -2.52. The number of hydrogen-bond donors (Lipinski definition) is 2. The van der Waals surface area contributed by atoms with Gasteiger partial charge in [0.1, 0.15) is 0 Å². The van der Waals surface area contributed by atoms with Gasteiger partial charge in [0.05, 0.1) is 13.2 Å². The average molecular weight is 413 g/mol. The number of aliphatic imine (C=N–C) groups is 1. The van der Waals surface area contributed by atoms with Crippen LogP contribution in [0.5, 0.6) is 0 Å². The van der Waals surface area contributed by atoms with Crippen LogP contribution in [0.4, 0.5) is 0 Å². The zero-order valence-electron chi connectivity index (χ0n) is 12.8. The van der Waals surface area contributed by atoms with Gasteiger partial charge in [-0.05, 0) is 25.0 Å². The second-order valence-corrected chi connectivity index (χ2v) is 7.54. The first-order valence-corrected chi connectivity index (χ1v) is 8.36. The van der Waals surface area contributed by atoms with Crippen LogP contribution in [0.1, 0.15) is 33.1 Å². The zero-order chi connectivity index (χ0) is 13.7. The van der Waals surface area contributed by atoms with E-state index in [-0.39, 0.29) is 29.4 Å². The summed E-state index contributed by atoms with van der Waals surface area (Å²) in [6, 6.07) is 0.584. The van der Waals surface area contributed by atoms with Crippen molar-refractivity contribution in [3.8, 4) is 0 Å². The Bertz CT molecular complexity index is 324. The van der Waals surface area contributed by atoms with Crippen molar-refractivity contribution in [3.05, 3.63) is 0 Å². The van der Waals surface area contributed by atoms with Crippen molar-refractivity contribution < 1.29 is 4.74 Å². The third kappa shape index (κ3) is 5.26. The molecule has 1 aliphatic heterocycles. The van der Waals surface area contributed by atoms with Crippen LogP contribution in [0.25, 0.3) is 0 Å². The normalized spacial score (nSPS) is 28.4. The molecule has 2 unspecified atom stereocenters. The van der Waals surface area contributed by atoms with Gasteiger partial charge in [-0.25, -0.2) is 0 Å². The third-order valence-corrected chi connectivity index (χ3v) is 5.17. The molecule has 1 heterocycles. The number of nitrogens with one attached hydrogen (secondary N) is 2. The molecule has 2 fully saturated rings. The van der Waals surface area contributed by atoms with E-state index in [1.165, 1.54) is 25.0 Å². The highest BCUT2D eigenvalue weighted by Gasteiger charge is 2.33. The Morgan fingerprint density at radius 1 is 1.40 bits per heavy atom. The maximum absolute atomic E-state index is 5.28.